The fourth-order valence-electron chi connectivity index (χ4n) is 13.9. The molecule has 0 fully saturated rings. The maximum atomic E-state index is 14.8. The van der Waals surface area contributed by atoms with Gasteiger partial charge in [-0.05, 0) is 225 Å². The predicted molar refractivity (Wildman–Crippen MR) is 468 cm³/mol. The van der Waals surface area contributed by atoms with Crippen molar-refractivity contribution in [2.45, 2.75) is 64.1 Å². The number of ether oxygens (including phenoxy) is 2. The quantitative estimate of drug-likeness (QED) is 0.0208. The summed E-state index contributed by atoms with van der Waals surface area (Å²) in [5, 5.41) is 25.1. The van der Waals surface area contributed by atoms with Gasteiger partial charge in [0.25, 0.3) is 29.4 Å². The molecule has 16 rings (SSSR count). The number of methoxy groups -OCH3 is 2. The molecule has 10 N–H and O–H groups in total. The van der Waals surface area contributed by atoms with Crippen LogP contribution >= 0.6 is 23.2 Å². The minimum atomic E-state index is -0.800. The van der Waals surface area contributed by atoms with Gasteiger partial charge in [0.2, 0.25) is 0 Å². The van der Waals surface area contributed by atoms with Crippen molar-refractivity contribution in [2.75, 3.05) is 14.2 Å². The van der Waals surface area contributed by atoms with Crippen LogP contribution in [0.4, 0.5) is 23.4 Å². The van der Waals surface area contributed by atoms with E-state index in [1.807, 2.05) is 73.9 Å². The number of fused-ring (bicyclic) bond motifs is 4. The SMILES string of the molecule is COc1ccc(-c2cc(C(N)=O)nc3cc(C(C)Cc4cnc(C)nc4)ccc23)c(F)c1.NC(=O)c1cc(-c2ccc(F)cc2)c2ccc(C(O)Cc3ccc(Cl)nc3)cc2n1.NC(=O)c1cc(-c2ccc(F)cc2)c2ccc(C(O)Cc3ccc(Cl)nc3)cc2n1.[C-]#[N+]c1ccc(CCc2ccc3c(-c4ccc(OC)cc4F)cc(C(N)=O)nc3c2)cn1. The van der Waals surface area contributed by atoms with Crippen molar-refractivity contribution in [2.24, 2.45) is 22.9 Å². The number of carbonyl (C=O) groups is 4. The van der Waals surface area contributed by atoms with E-state index in [4.69, 9.17) is 62.2 Å². The van der Waals surface area contributed by atoms with Crippen molar-refractivity contribution in [3.63, 3.8) is 0 Å². The van der Waals surface area contributed by atoms with Gasteiger partial charge in [-0.25, -0.2) is 57.4 Å². The second-order valence-corrected chi connectivity index (χ2v) is 29.6. The van der Waals surface area contributed by atoms with Crippen molar-refractivity contribution < 1.29 is 56.4 Å². The molecule has 22 nitrogen and oxygen atoms in total. The minimum Gasteiger partial charge on any atom is -0.497 e. The number of aliphatic hydroxyl groups excluding tert-OH is 2. The lowest BCUT2D eigenvalue weighted by Crippen LogP contribution is -2.13. The Kier molecular flexibility index (Phi) is 27.4. The highest BCUT2D eigenvalue weighted by molar-refractivity contribution is 6.29. The molecule has 4 amide bonds. The van der Waals surface area contributed by atoms with Crippen LogP contribution in [0.15, 0.2) is 249 Å². The lowest BCUT2D eigenvalue weighted by atomic mass is 9.92. The number of nitrogens with two attached hydrogens (primary N) is 4. The number of hydrogen-bond acceptors (Lipinski definition) is 17. The fraction of sp³-hybridized carbons (Fsp3) is 0.125. The van der Waals surface area contributed by atoms with E-state index < -0.39 is 47.5 Å². The van der Waals surface area contributed by atoms with Gasteiger partial charge in [0.05, 0.1) is 48.5 Å². The minimum absolute atomic E-state index is 0.0683. The van der Waals surface area contributed by atoms with Crippen LogP contribution in [0, 0.1) is 36.8 Å². The topological polar surface area (TPSA) is 352 Å². The number of aryl methyl sites for hydroxylation is 3. The van der Waals surface area contributed by atoms with Crippen LogP contribution in [0.2, 0.25) is 10.3 Å². The maximum absolute atomic E-state index is 14.8. The van der Waals surface area contributed by atoms with Gasteiger partial charge in [0, 0.05) is 82.4 Å². The third-order valence-electron chi connectivity index (χ3n) is 20.4. The molecule has 0 aliphatic heterocycles. The predicted octanol–water partition coefficient (Wildman–Crippen LogP) is 18.4. The number of aromatic nitrogens is 9. The first-order valence-corrected chi connectivity index (χ1v) is 39.2. The highest BCUT2D eigenvalue weighted by atomic mass is 35.5. The molecule has 620 valence electrons. The standard InChI is InChI=1S/C25H23FN4O2.C25H19FN4O2.2C23H17ClFN3O2/c1-14(8-16-12-28-15(2)29-13-16)17-4-6-20-21(11-24(25(27)31)30-23(20)9-17)19-7-5-18(32-3)10-22(19)26;1-28-24-10-6-16(14-29-24)4-3-15-5-8-19-20(13-23(25(27)31)30-22(19)11-15)18-9-7-17(32-2)12-21(18)26;2*24-22-8-1-13(12-27-22)9-21(29)15-4-7-17-18(14-2-5-16(25)6-3-14)11-20(23(26)30)28-19(17)10-15/h4-7,9-14H,8H2,1-3H3,(H2,27,31);5-14H,3-4H2,2H3,(H2,27,31);2*1-8,10-12,21,29H,9H2,(H2,26,30). The molecular weight excluding hydrogens is 1620 g/mol. The molecule has 16 aromatic rings. The van der Waals surface area contributed by atoms with Gasteiger partial charge in [-0.15, -0.1) is 4.98 Å². The molecule has 28 heteroatoms. The molecule has 8 aromatic carbocycles. The third kappa shape index (κ3) is 21.3. The first-order valence-electron chi connectivity index (χ1n) is 38.5. The molecule has 3 atom stereocenters. The number of amides is 4. The van der Waals surface area contributed by atoms with Crippen LogP contribution in [-0.2, 0) is 32.1 Å². The first kappa shape index (κ1) is 87.0. The Hall–Kier alpha value is -14.9. The number of halogens is 6. The van der Waals surface area contributed by atoms with E-state index in [-0.39, 0.29) is 40.3 Å². The molecular formula is C96H76Cl2F4N14O8. The summed E-state index contributed by atoms with van der Waals surface area (Å²) in [7, 11) is 2.95. The number of nitrogens with zero attached hydrogens (tertiary/aromatic N) is 10. The number of carbonyl (C=O) groups excluding carboxylic acids is 4. The monoisotopic (exact) mass is 1700 g/mol. The van der Waals surface area contributed by atoms with Crippen LogP contribution in [0.5, 0.6) is 11.5 Å². The van der Waals surface area contributed by atoms with E-state index in [1.54, 1.807) is 134 Å². The van der Waals surface area contributed by atoms with Crippen molar-refractivity contribution >= 4 is 96.3 Å². The van der Waals surface area contributed by atoms with Crippen molar-refractivity contribution in [3.8, 4) is 56.0 Å². The third-order valence-corrected chi connectivity index (χ3v) is 20.9. The summed E-state index contributed by atoms with van der Waals surface area (Å²) in [5.74, 6) is -2.25. The molecule has 0 bridgehead atoms. The average Bonchev–Trinajstić information content (AvgIpc) is 0.792. The van der Waals surface area contributed by atoms with E-state index in [0.717, 1.165) is 79.3 Å². The summed E-state index contributed by atoms with van der Waals surface area (Å²) in [6.45, 7) is 10.9. The molecule has 0 aliphatic carbocycles. The number of aliphatic hydroxyl groups is 2. The molecule has 124 heavy (non-hydrogen) atoms. The second-order valence-electron chi connectivity index (χ2n) is 28.9. The number of hydrogen-bond donors (Lipinski definition) is 6. The largest absolute Gasteiger partial charge is 0.497 e. The molecule has 0 spiro atoms. The van der Waals surface area contributed by atoms with Gasteiger partial charge in [0.15, 0.2) is 0 Å². The molecule has 8 heterocycles. The van der Waals surface area contributed by atoms with Gasteiger partial charge in [0.1, 0.15) is 79.9 Å². The zero-order chi connectivity index (χ0) is 88.0. The van der Waals surface area contributed by atoms with Gasteiger partial charge < -0.3 is 47.5 Å². The fourth-order valence-corrected chi connectivity index (χ4v) is 14.1. The summed E-state index contributed by atoms with van der Waals surface area (Å²) in [6, 6.07) is 60.1. The normalized spacial score (nSPS) is 11.7. The van der Waals surface area contributed by atoms with E-state index in [1.165, 1.54) is 62.8 Å². The Balaban J connectivity index is 0.000000142. The van der Waals surface area contributed by atoms with Crippen LogP contribution in [0.3, 0.4) is 0 Å². The lowest BCUT2D eigenvalue weighted by molar-refractivity contribution is 0.0987. The smallest absolute Gasteiger partial charge is 0.269 e. The molecule has 0 radical (unpaired) electrons. The first-order chi connectivity index (χ1) is 59.6. The Morgan fingerprint density at radius 1 is 0.395 bits per heavy atom. The van der Waals surface area contributed by atoms with E-state index in [9.17, 15) is 47.0 Å². The highest BCUT2D eigenvalue weighted by Gasteiger charge is 2.23. The Morgan fingerprint density at radius 3 is 1.15 bits per heavy atom. The molecule has 3 unspecified atom stereocenters. The molecule has 0 saturated heterocycles. The van der Waals surface area contributed by atoms with Crippen LogP contribution < -0.4 is 32.4 Å². The number of benzene rings is 8. The van der Waals surface area contributed by atoms with E-state index >= 15 is 0 Å². The summed E-state index contributed by atoms with van der Waals surface area (Å²) >= 11 is 11.6. The lowest BCUT2D eigenvalue weighted by Gasteiger charge is -2.15. The molecule has 0 saturated carbocycles. The van der Waals surface area contributed by atoms with Crippen molar-refractivity contribution in [1.29, 1.82) is 0 Å². The number of pyridine rings is 7. The Labute approximate surface area is 718 Å². The second kappa shape index (κ2) is 39.1. The summed E-state index contributed by atoms with van der Waals surface area (Å²) in [6.07, 6.45) is 9.86. The van der Waals surface area contributed by atoms with Crippen molar-refractivity contribution in [3.05, 3.63) is 367 Å². The Bertz CT molecular complexity index is 6550. The maximum Gasteiger partial charge on any atom is 0.269 e. The summed E-state index contributed by atoms with van der Waals surface area (Å²) in [5.41, 5.74) is 36.1. The van der Waals surface area contributed by atoms with Crippen molar-refractivity contribution in [1.82, 2.24) is 44.9 Å². The van der Waals surface area contributed by atoms with E-state index in [2.05, 4.69) is 56.6 Å². The van der Waals surface area contributed by atoms with Gasteiger partial charge >= 0.3 is 0 Å². The summed E-state index contributed by atoms with van der Waals surface area (Å²) in [4.78, 5) is 88.9. The van der Waals surface area contributed by atoms with Crippen LogP contribution in [0.1, 0.15) is 117 Å². The zero-order valence-corrected chi connectivity index (χ0v) is 68.3. The Morgan fingerprint density at radius 2 is 0.758 bits per heavy atom. The highest BCUT2D eigenvalue weighted by Crippen LogP contribution is 2.39. The number of primary amides is 4. The zero-order valence-electron chi connectivity index (χ0n) is 66.8. The number of rotatable bonds is 22. The van der Waals surface area contributed by atoms with Gasteiger partial charge in [-0.1, -0.05) is 128 Å². The van der Waals surface area contributed by atoms with Crippen LogP contribution in [-0.4, -0.2) is 92.9 Å². The van der Waals surface area contributed by atoms with Gasteiger partial charge in [-0.2, -0.15) is 0 Å². The van der Waals surface area contributed by atoms with E-state index in [0.29, 0.717) is 119 Å². The summed E-state index contributed by atoms with van der Waals surface area (Å²) < 4.78 is 66.5. The van der Waals surface area contributed by atoms with Crippen LogP contribution in [0.25, 0.3) is 93.0 Å². The molecule has 8 aromatic heterocycles. The van der Waals surface area contributed by atoms with Gasteiger partial charge in [-0.3, -0.25) is 19.2 Å². The molecule has 0 aliphatic rings. The average molecular weight is 1700 g/mol.